The Hall–Kier alpha value is -1.55. The lowest BCUT2D eigenvalue weighted by Gasteiger charge is -2.37. The van der Waals surface area contributed by atoms with Gasteiger partial charge >= 0.3 is 5.97 Å². The van der Waals surface area contributed by atoms with Crippen molar-refractivity contribution in [3.8, 4) is 0 Å². The van der Waals surface area contributed by atoms with Crippen molar-refractivity contribution in [2.75, 3.05) is 0 Å². The van der Waals surface area contributed by atoms with Gasteiger partial charge < -0.3 is 10.4 Å². The predicted molar refractivity (Wildman–Crippen MR) is 83.6 cm³/mol. The first-order valence-corrected chi connectivity index (χ1v) is 8.20. The summed E-state index contributed by atoms with van der Waals surface area (Å²) in [5.41, 5.74) is 0.637. The number of amides is 1. The van der Waals surface area contributed by atoms with Crippen molar-refractivity contribution < 1.29 is 14.7 Å². The fourth-order valence-electron chi connectivity index (χ4n) is 3.69. The molecule has 2 N–H and O–H groups in total. The molecule has 0 bridgehead atoms. The lowest BCUT2D eigenvalue weighted by atomic mass is 9.72. The highest BCUT2D eigenvalue weighted by Crippen LogP contribution is 2.41. The fraction of sp³-hybridized carbons (Fsp3) is 0.529. The molecule has 1 aromatic carbocycles. The molecule has 2 atom stereocenters. The number of halogens is 1. The highest BCUT2D eigenvalue weighted by atomic mass is 35.5. The molecule has 5 heteroatoms. The third-order valence-corrected chi connectivity index (χ3v) is 5.36. The van der Waals surface area contributed by atoms with E-state index in [0.717, 1.165) is 31.2 Å². The zero-order valence-corrected chi connectivity index (χ0v) is 13.1. The predicted octanol–water partition coefficient (Wildman–Crippen LogP) is 3.34. The molecule has 0 radical (unpaired) electrons. The van der Waals surface area contributed by atoms with Crippen LogP contribution in [0.5, 0.6) is 0 Å². The normalized spacial score (nSPS) is 26.2. The number of rotatable bonds is 4. The monoisotopic (exact) mass is 321 g/mol. The molecule has 0 aromatic heterocycles. The van der Waals surface area contributed by atoms with E-state index in [-0.39, 0.29) is 11.4 Å². The van der Waals surface area contributed by atoms with Crippen LogP contribution in [0.3, 0.4) is 0 Å². The average Bonchev–Trinajstić information content (AvgIpc) is 2.86. The number of nitrogens with one attached hydrogen (secondary N) is 1. The number of hydrogen-bond donors (Lipinski definition) is 2. The SMILES string of the molecule is O=C(O)C1CCC1C(=O)NC1(c2cccc(Cl)c2)CCCC1. The number of hydrogen-bond acceptors (Lipinski definition) is 2. The first-order valence-electron chi connectivity index (χ1n) is 7.83. The first-order chi connectivity index (χ1) is 10.5. The standard InChI is InChI=1S/C17H20ClNO3/c18-12-5-3-4-11(10-12)17(8-1-2-9-17)19-15(20)13-6-7-14(13)16(21)22/h3-5,10,13-14H,1-2,6-9H2,(H,19,20)(H,21,22). The summed E-state index contributed by atoms with van der Waals surface area (Å²) < 4.78 is 0. The molecular formula is C17H20ClNO3. The number of carboxylic acid groups (broad SMARTS) is 1. The summed E-state index contributed by atoms with van der Waals surface area (Å²) >= 11 is 6.10. The van der Waals surface area contributed by atoms with E-state index in [4.69, 9.17) is 16.7 Å². The van der Waals surface area contributed by atoms with Crippen molar-refractivity contribution in [3.63, 3.8) is 0 Å². The molecule has 0 saturated heterocycles. The van der Waals surface area contributed by atoms with Crippen LogP contribution >= 0.6 is 11.6 Å². The molecular weight excluding hydrogens is 302 g/mol. The van der Waals surface area contributed by atoms with E-state index in [1.165, 1.54) is 0 Å². The Bertz CT molecular complexity index is 595. The van der Waals surface area contributed by atoms with E-state index >= 15 is 0 Å². The Morgan fingerprint density at radius 3 is 2.41 bits per heavy atom. The van der Waals surface area contributed by atoms with E-state index in [1.807, 2.05) is 24.3 Å². The zero-order valence-electron chi connectivity index (χ0n) is 12.3. The van der Waals surface area contributed by atoms with E-state index in [2.05, 4.69) is 5.32 Å². The molecule has 2 unspecified atom stereocenters. The van der Waals surface area contributed by atoms with Crippen molar-refractivity contribution >= 4 is 23.5 Å². The Morgan fingerprint density at radius 2 is 1.86 bits per heavy atom. The smallest absolute Gasteiger partial charge is 0.307 e. The van der Waals surface area contributed by atoms with E-state index in [1.54, 1.807) is 0 Å². The molecule has 2 aliphatic carbocycles. The molecule has 1 amide bonds. The molecule has 0 spiro atoms. The maximum absolute atomic E-state index is 12.6. The van der Waals surface area contributed by atoms with Crippen molar-refractivity contribution in [1.29, 1.82) is 0 Å². The van der Waals surface area contributed by atoms with Crippen LogP contribution in [0.2, 0.25) is 5.02 Å². The summed E-state index contributed by atoms with van der Waals surface area (Å²) in [6, 6.07) is 7.62. The lowest BCUT2D eigenvalue weighted by Crippen LogP contribution is -2.51. The highest BCUT2D eigenvalue weighted by molar-refractivity contribution is 6.30. The summed E-state index contributed by atoms with van der Waals surface area (Å²) in [4.78, 5) is 23.7. The van der Waals surface area contributed by atoms with Gasteiger partial charge in [0, 0.05) is 5.02 Å². The third kappa shape index (κ3) is 2.72. The number of aliphatic carboxylic acids is 1. The van der Waals surface area contributed by atoms with Crippen molar-refractivity contribution in [1.82, 2.24) is 5.32 Å². The molecule has 2 saturated carbocycles. The van der Waals surface area contributed by atoms with Crippen LogP contribution in [0.1, 0.15) is 44.1 Å². The zero-order chi connectivity index (χ0) is 15.7. The molecule has 22 heavy (non-hydrogen) atoms. The number of carbonyl (C=O) groups is 2. The summed E-state index contributed by atoms with van der Waals surface area (Å²) in [5.74, 6) is -1.91. The molecule has 2 fully saturated rings. The number of carbonyl (C=O) groups excluding carboxylic acids is 1. The second-order valence-electron chi connectivity index (χ2n) is 6.42. The van der Waals surface area contributed by atoms with E-state index in [9.17, 15) is 9.59 Å². The molecule has 0 aliphatic heterocycles. The molecule has 3 rings (SSSR count). The van der Waals surface area contributed by atoms with Gasteiger partial charge in [-0.15, -0.1) is 0 Å². The molecule has 0 heterocycles. The van der Waals surface area contributed by atoms with Gasteiger partial charge in [-0.25, -0.2) is 0 Å². The first kappa shape index (κ1) is 15.3. The van der Waals surface area contributed by atoms with Crippen molar-refractivity contribution in [3.05, 3.63) is 34.9 Å². The van der Waals surface area contributed by atoms with Gasteiger partial charge in [0.1, 0.15) is 0 Å². The van der Waals surface area contributed by atoms with Gasteiger partial charge in [-0.2, -0.15) is 0 Å². The summed E-state index contributed by atoms with van der Waals surface area (Å²) in [5, 5.41) is 13.0. The third-order valence-electron chi connectivity index (χ3n) is 5.13. The van der Waals surface area contributed by atoms with Crippen molar-refractivity contribution in [2.45, 2.75) is 44.1 Å². The Balaban J connectivity index is 1.80. The van der Waals surface area contributed by atoms with Crippen LogP contribution in [0.15, 0.2) is 24.3 Å². The Morgan fingerprint density at radius 1 is 1.18 bits per heavy atom. The summed E-state index contributed by atoms with van der Waals surface area (Å²) in [6.45, 7) is 0. The van der Waals surface area contributed by atoms with Gasteiger partial charge in [0.25, 0.3) is 0 Å². The van der Waals surface area contributed by atoms with Crippen LogP contribution in [-0.4, -0.2) is 17.0 Å². The van der Waals surface area contributed by atoms with Gasteiger partial charge in [0.05, 0.1) is 17.4 Å². The number of benzene rings is 1. The van der Waals surface area contributed by atoms with Crippen LogP contribution in [0.25, 0.3) is 0 Å². The second kappa shape index (κ2) is 5.92. The molecule has 2 aliphatic rings. The minimum Gasteiger partial charge on any atom is -0.481 e. The maximum Gasteiger partial charge on any atom is 0.307 e. The quantitative estimate of drug-likeness (QED) is 0.893. The minimum atomic E-state index is -0.866. The largest absolute Gasteiger partial charge is 0.481 e. The summed E-state index contributed by atoms with van der Waals surface area (Å²) in [6.07, 6.45) is 5.12. The fourth-order valence-corrected chi connectivity index (χ4v) is 3.88. The average molecular weight is 322 g/mol. The number of carboxylic acids is 1. The van der Waals surface area contributed by atoms with Crippen LogP contribution in [-0.2, 0) is 15.1 Å². The van der Waals surface area contributed by atoms with Gasteiger partial charge in [0.15, 0.2) is 0 Å². The second-order valence-corrected chi connectivity index (χ2v) is 6.85. The minimum absolute atomic E-state index is 0.125. The van der Waals surface area contributed by atoms with Crippen molar-refractivity contribution in [2.24, 2.45) is 11.8 Å². The van der Waals surface area contributed by atoms with Gasteiger partial charge in [0.2, 0.25) is 5.91 Å². The molecule has 118 valence electrons. The van der Waals surface area contributed by atoms with Gasteiger partial charge in [-0.3, -0.25) is 9.59 Å². The highest BCUT2D eigenvalue weighted by Gasteiger charge is 2.45. The topological polar surface area (TPSA) is 66.4 Å². The lowest BCUT2D eigenvalue weighted by molar-refractivity contribution is -0.153. The Kier molecular flexibility index (Phi) is 4.13. The van der Waals surface area contributed by atoms with Gasteiger partial charge in [-0.1, -0.05) is 36.6 Å². The maximum atomic E-state index is 12.6. The summed E-state index contributed by atoms with van der Waals surface area (Å²) in [7, 11) is 0. The van der Waals surface area contributed by atoms with E-state index in [0.29, 0.717) is 17.9 Å². The van der Waals surface area contributed by atoms with Crippen LogP contribution in [0.4, 0.5) is 0 Å². The van der Waals surface area contributed by atoms with Crippen LogP contribution in [0, 0.1) is 11.8 Å². The van der Waals surface area contributed by atoms with E-state index < -0.39 is 17.8 Å². The molecule has 1 aromatic rings. The molecule has 4 nitrogen and oxygen atoms in total. The van der Waals surface area contributed by atoms with Gasteiger partial charge in [-0.05, 0) is 43.4 Å². The Labute approximate surface area is 134 Å². The van der Waals surface area contributed by atoms with Crippen LogP contribution < -0.4 is 5.32 Å².